The first-order chi connectivity index (χ1) is 8.91. The van der Waals surface area contributed by atoms with E-state index in [1.54, 1.807) is 26.0 Å². The van der Waals surface area contributed by atoms with Crippen molar-refractivity contribution >= 4 is 11.4 Å². The molecule has 0 amide bonds. The van der Waals surface area contributed by atoms with Crippen molar-refractivity contribution in [2.45, 2.75) is 27.7 Å². The number of benzene rings is 2. The molecule has 0 atom stereocenters. The van der Waals surface area contributed by atoms with Gasteiger partial charge in [0.15, 0.2) is 0 Å². The van der Waals surface area contributed by atoms with Crippen molar-refractivity contribution in [3.8, 4) is 0 Å². The van der Waals surface area contributed by atoms with Crippen LogP contribution in [0.15, 0.2) is 24.3 Å². The minimum atomic E-state index is -0.263. The first-order valence-corrected chi connectivity index (χ1v) is 6.20. The summed E-state index contributed by atoms with van der Waals surface area (Å²) in [5.41, 5.74) is 3.96. The van der Waals surface area contributed by atoms with Gasteiger partial charge >= 0.3 is 0 Å². The maximum Gasteiger partial charge on any atom is 0.149 e. The molecule has 0 fully saturated rings. The van der Waals surface area contributed by atoms with E-state index in [1.807, 2.05) is 19.9 Å². The second kappa shape index (κ2) is 5.00. The highest BCUT2D eigenvalue weighted by molar-refractivity contribution is 5.68. The molecule has 0 aliphatic carbocycles. The van der Waals surface area contributed by atoms with E-state index in [4.69, 9.17) is 0 Å². The summed E-state index contributed by atoms with van der Waals surface area (Å²) < 4.78 is 27.5. The predicted molar refractivity (Wildman–Crippen MR) is 75.0 cm³/mol. The molecule has 0 aliphatic heterocycles. The van der Waals surface area contributed by atoms with Gasteiger partial charge in [0, 0.05) is 5.69 Å². The summed E-state index contributed by atoms with van der Waals surface area (Å²) in [5, 5.41) is 3.08. The quantitative estimate of drug-likeness (QED) is 0.807. The van der Waals surface area contributed by atoms with Gasteiger partial charge in [0.2, 0.25) is 0 Å². The third-order valence-corrected chi connectivity index (χ3v) is 3.52. The number of anilines is 2. The molecule has 0 spiro atoms. The topological polar surface area (TPSA) is 12.0 Å². The third kappa shape index (κ3) is 2.46. The molecule has 0 unspecified atom stereocenters. The van der Waals surface area contributed by atoms with Crippen LogP contribution in [0.4, 0.5) is 20.2 Å². The van der Waals surface area contributed by atoms with Crippen molar-refractivity contribution < 1.29 is 8.78 Å². The molecule has 2 rings (SSSR count). The monoisotopic (exact) mass is 261 g/mol. The van der Waals surface area contributed by atoms with E-state index in [0.717, 1.165) is 16.8 Å². The fraction of sp³-hybridized carbons (Fsp3) is 0.250. The maximum absolute atomic E-state index is 14.1. The van der Waals surface area contributed by atoms with E-state index >= 15 is 0 Å². The Morgan fingerprint density at radius 3 is 2.11 bits per heavy atom. The largest absolute Gasteiger partial charge is 0.353 e. The second-order valence-corrected chi connectivity index (χ2v) is 4.86. The van der Waals surface area contributed by atoms with Gasteiger partial charge < -0.3 is 5.32 Å². The van der Waals surface area contributed by atoms with Crippen molar-refractivity contribution in [1.29, 1.82) is 0 Å². The van der Waals surface area contributed by atoms with Gasteiger partial charge in [-0.1, -0.05) is 12.1 Å². The summed E-state index contributed by atoms with van der Waals surface area (Å²) in [7, 11) is 0. The molecule has 3 heteroatoms. The molecule has 19 heavy (non-hydrogen) atoms. The zero-order valence-electron chi connectivity index (χ0n) is 11.6. The minimum Gasteiger partial charge on any atom is -0.353 e. The molecule has 0 saturated heterocycles. The van der Waals surface area contributed by atoms with Crippen LogP contribution in [0.3, 0.4) is 0 Å². The number of hydrogen-bond acceptors (Lipinski definition) is 1. The van der Waals surface area contributed by atoms with E-state index in [-0.39, 0.29) is 11.6 Å². The molecule has 0 aromatic heterocycles. The minimum absolute atomic E-state index is 0.246. The molecule has 0 bridgehead atoms. The number of rotatable bonds is 2. The van der Waals surface area contributed by atoms with E-state index < -0.39 is 0 Å². The van der Waals surface area contributed by atoms with Crippen molar-refractivity contribution in [2.24, 2.45) is 0 Å². The van der Waals surface area contributed by atoms with Crippen LogP contribution in [-0.4, -0.2) is 0 Å². The Labute approximate surface area is 112 Å². The molecule has 2 aromatic rings. The molecule has 0 heterocycles. The summed E-state index contributed by atoms with van der Waals surface area (Å²) >= 11 is 0. The lowest BCUT2D eigenvalue weighted by Gasteiger charge is -2.15. The SMILES string of the molecule is Cc1ccc(C)c(Nc2ccc(F)c(C)c2C)c1F. The lowest BCUT2D eigenvalue weighted by atomic mass is 10.1. The Bertz CT molecular complexity index is 633. The molecular weight excluding hydrogens is 244 g/mol. The lowest BCUT2D eigenvalue weighted by molar-refractivity contribution is 0.617. The summed E-state index contributed by atoms with van der Waals surface area (Å²) in [5.74, 6) is -0.508. The Morgan fingerprint density at radius 2 is 1.42 bits per heavy atom. The zero-order chi connectivity index (χ0) is 14.2. The Morgan fingerprint density at radius 1 is 0.789 bits per heavy atom. The van der Waals surface area contributed by atoms with Crippen molar-refractivity contribution in [1.82, 2.24) is 0 Å². The molecule has 1 N–H and O–H groups in total. The van der Waals surface area contributed by atoms with Crippen molar-refractivity contribution in [3.63, 3.8) is 0 Å². The highest BCUT2D eigenvalue weighted by atomic mass is 19.1. The maximum atomic E-state index is 14.1. The second-order valence-electron chi connectivity index (χ2n) is 4.86. The van der Waals surface area contributed by atoms with Gasteiger partial charge in [-0.3, -0.25) is 0 Å². The van der Waals surface area contributed by atoms with Gasteiger partial charge in [-0.25, -0.2) is 8.78 Å². The normalized spacial score (nSPS) is 10.6. The average molecular weight is 261 g/mol. The molecule has 2 aromatic carbocycles. The lowest BCUT2D eigenvalue weighted by Crippen LogP contribution is -2.02. The van der Waals surface area contributed by atoms with Crippen LogP contribution in [-0.2, 0) is 0 Å². The Hall–Kier alpha value is -1.90. The highest BCUT2D eigenvalue weighted by Crippen LogP contribution is 2.29. The number of nitrogens with one attached hydrogen (secondary N) is 1. The standard InChI is InChI=1S/C16H17F2N/c1-9-5-6-10(2)16(15(9)18)19-14-8-7-13(17)11(3)12(14)4/h5-8,19H,1-4H3. The average Bonchev–Trinajstić information content (AvgIpc) is 2.39. The van der Waals surface area contributed by atoms with Crippen LogP contribution >= 0.6 is 0 Å². The molecule has 0 radical (unpaired) electrons. The van der Waals surface area contributed by atoms with E-state index in [0.29, 0.717) is 16.8 Å². The Kier molecular flexibility index (Phi) is 3.56. The first-order valence-electron chi connectivity index (χ1n) is 6.20. The van der Waals surface area contributed by atoms with Gasteiger partial charge in [0.1, 0.15) is 11.6 Å². The molecule has 100 valence electrons. The van der Waals surface area contributed by atoms with Gasteiger partial charge in [0.25, 0.3) is 0 Å². The number of halogens is 2. The van der Waals surface area contributed by atoms with Crippen LogP contribution in [0.5, 0.6) is 0 Å². The molecule has 1 nitrogen and oxygen atoms in total. The van der Waals surface area contributed by atoms with Crippen LogP contribution < -0.4 is 5.32 Å². The van der Waals surface area contributed by atoms with E-state index in [9.17, 15) is 8.78 Å². The van der Waals surface area contributed by atoms with Crippen LogP contribution in [0.1, 0.15) is 22.3 Å². The molecular formula is C16H17F2N. The summed E-state index contributed by atoms with van der Waals surface area (Å²) in [6.45, 7) is 7.11. The smallest absolute Gasteiger partial charge is 0.149 e. The van der Waals surface area contributed by atoms with Crippen LogP contribution in [0.2, 0.25) is 0 Å². The van der Waals surface area contributed by atoms with Crippen molar-refractivity contribution in [3.05, 3.63) is 58.2 Å². The number of aryl methyl sites for hydroxylation is 2. The fourth-order valence-electron chi connectivity index (χ4n) is 1.99. The van der Waals surface area contributed by atoms with E-state index in [1.165, 1.54) is 6.07 Å². The summed E-state index contributed by atoms with van der Waals surface area (Å²) in [4.78, 5) is 0. The van der Waals surface area contributed by atoms with Crippen LogP contribution in [0.25, 0.3) is 0 Å². The van der Waals surface area contributed by atoms with Gasteiger partial charge in [-0.05, 0) is 62.1 Å². The summed E-state index contributed by atoms with van der Waals surface area (Å²) in [6.07, 6.45) is 0. The predicted octanol–water partition coefficient (Wildman–Crippen LogP) is 4.94. The Balaban J connectivity index is 2.48. The van der Waals surface area contributed by atoms with Gasteiger partial charge in [-0.15, -0.1) is 0 Å². The third-order valence-electron chi connectivity index (χ3n) is 3.52. The van der Waals surface area contributed by atoms with Crippen molar-refractivity contribution in [2.75, 3.05) is 5.32 Å². The number of hydrogen-bond donors (Lipinski definition) is 1. The summed E-state index contributed by atoms with van der Waals surface area (Å²) in [6, 6.07) is 6.65. The zero-order valence-corrected chi connectivity index (χ0v) is 11.6. The molecule has 0 aliphatic rings. The van der Waals surface area contributed by atoms with E-state index in [2.05, 4.69) is 5.32 Å². The van der Waals surface area contributed by atoms with Gasteiger partial charge in [0.05, 0.1) is 5.69 Å². The highest BCUT2D eigenvalue weighted by Gasteiger charge is 2.11. The molecule has 0 saturated carbocycles. The first kappa shape index (κ1) is 13.5. The fourth-order valence-corrected chi connectivity index (χ4v) is 1.99. The van der Waals surface area contributed by atoms with Gasteiger partial charge in [-0.2, -0.15) is 0 Å². The van der Waals surface area contributed by atoms with Crippen LogP contribution in [0, 0.1) is 39.3 Å².